The molecule has 2 N–H and O–H groups in total. The summed E-state index contributed by atoms with van der Waals surface area (Å²) >= 11 is 0. The van der Waals surface area contributed by atoms with Gasteiger partial charge in [-0.15, -0.1) is 0 Å². The lowest BCUT2D eigenvalue weighted by molar-refractivity contribution is -0.117. The number of nitrogens with one attached hydrogen (secondary N) is 1. The standard InChI is InChI=1S/C12H16N2O4S/c1-19(17,18)13-10-3-2-4-11(6-10)14-7-9(8-15)5-12(14)16/h2-4,6,9,13,15H,5,7-8H2,1H3. The molecule has 1 aliphatic heterocycles. The summed E-state index contributed by atoms with van der Waals surface area (Å²) in [5.74, 6) is -0.116. The van der Waals surface area contributed by atoms with Crippen molar-refractivity contribution in [2.75, 3.05) is 29.0 Å². The molecule has 1 heterocycles. The smallest absolute Gasteiger partial charge is 0.229 e. The average Bonchev–Trinajstić information content (AvgIpc) is 2.69. The predicted octanol–water partition coefficient (Wildman–Crippen LogP) is 0.403. The van der Waals surface area contributed by atoms with Crippen LogP contribution in [0.1, 0.15) is 6.42 Å². The normalized spacial score (nSPS) is 19.8. The summed E-state index contributed by atoms with van der Waals surface area (Å²) in [6.45, 7) is 0.432. The minimum absolute atomic E-state index is 0.0243. The fourth-order valence-corrected chi connectivity index (χ4v) is 2.66. The van der Waals surface area contributed by atoms with Gasteiger partial charge in [0.25, 0.3) is 0 Å². The van der Waals surface area contributed by atoms with Gasteiger partial charge in [-0.3, -0.25) is 9.52 Å². The molecule has 6 nitrogen and oxygen atoms in total. The maximum Gasteiger partial charge on any atom is 0.229 e. The Labute approximate surface area is 112 Å². The van der Waals surface area contributed by atoms with Gasteiger partial charge in [0.15, 0.2) is 0 Å². The maximum atomic E-state index is 11.8. The third-order valence-electron chi connectivity index (χ3n) is 2.92. The Kier molecular flexibility index (Phi) is 3.77. The largest absolute Gasteiger partial charge is 0.396 e. The lowest BCUT2D eigenvalue weighted by Gasteiger charge is -2.17. The molecular weight excluding hydrogens is 268 g/mol. The van der Waals surface area contributed by atoms with E-state index in [1.807, 2.05) is 0 Å². The predicted molar refractivity (Wildman–Crippen MR) is 72.5 cm³/mol. The molecule has 0 aliphatic carbocycles. The van der Waals surface area contributed by atoms with E-state index in [1.165, 1.54) is 0 Å². The van der Waals surface area contributed by atoms with Gasteiger partial charge in [0.1, 0.15) is 0 Å². The van der Waals surface area contributed by atoms with Crippen LogP contribution in [0.5, 0.6) is 0 Å². The zero-order valence-electron chi connectivity index (χ0n) is 10.5. The summed E-state index contributed by atoms with van der Waals surface area (Å²) in [4.78, 5) is 13.4. The van der Waals surface area contributed by atoms with E-state index in [4.69, 9.17) is 5.11 Å². The van der Waals surface area contributed by atoms with Crippen LogP contribution in [0.4, 0.5) is 11.4 Å². The zero-order valence-corrected chi connectivity index (χ0v) is 11.4. The van der Waals surface area contributed by atoms with Gasteiger partial charge in [0.05, 0.1) is 11.9 Å². The second-order valence-corrected chi connectivity index (χ2v) is 6.43. The van der Waals surface area contributed by atoms with Crippen LogP contribution < -0.4 is 9.62 Å². The summed E-state index contributed by atoms with van der Waals surface area (Å²) in [6, 6.07) is 6.65. The second-order valence-electron chi connectivity index (χ2n) is 4.68. The average molecular weight is 284 g/mol. The van der Waals surface area contributed by atoms with Crippen LogP contribution in [0, 0.1) is 5.92 Å². The molecule has 1 amide bonds. The van der Waals surface area contributed by atoms with Crippen molar-refractivity contribution in [3.63, 3.8) is 0 Å². The van der Waals surface area contributed by atoms with Crippen LogP contribution in [0.25, 0.3) is 0 Å². The number of amides is 1. The molecule has 0 spiro atoms. The number of anilines is 2. The van der Waals surface area contributed by atoms with E-state index in [2.05, 4.69) is 4.72 Å². The second kappa shape index (κ2) is 5.18. The van der Waals surface area contributed by atoms with Crippen LogP contribution in [0.2, 0.25) is 0 Å². The van der Waals surface area contributed by atoms with E-state index in [0.29, 0.717) is 24.3 Å². The van der Waals surface area contributed by atoms with Crippen molar-refractivity contribution in [3.05, 3.63) is 24.3 Å². The third kappa shape index (κ3) is 3.45. The Bertz CT molecular complexity index is 585. The number of carbonyl (C=O) groups is 1. The molecule has 1 aliphatic rings. The Morgan fingerprint density at radius 2 is 2.21 bits per heavy atom. The van der Waals surface area contributed by atoms with Gasteiger partial charge in [-0.25, -0.2) is 8.42 Å². The number of rotatable bonds is 4. The topological polar surface area (TPSA) is 86.7 Å². The molecule has 1 unspecified atom stereocenters. The fourth-order valence-electron chi connectivity index (χ4n) is 2.10. The number of aliphatic hydroxyl groups excluding tert-OH is 1. The Hall–Kier alpha value is -1.60. The van der Waals surface area contributed by atoms with Gasteiger partial charge in [0.2, 0.25) is 15.9 Å². The van der Waals surface area contributed by atoms with Crippen molar-refractivity contribution >= 4 is 27.3 Å². The van der Waals surface area contributed by atoms with Crippen molar-refractivity contribution in [1.29, 1.82) is 0 Å². The minimum atomic E-state index is -3.34. The highest BCUT2D eigenvalue weighted by atomic mass is 32.2. The van der Waals surface area contributed by atoms with Crippen molar-refractivity contribution < 1.29 is 18.3 Å². The highest BCUT2D eigenvalue weighted by Crippen LogP contribution is 2.27. The Balaban J connectivity index is 2.22. The zero-order chi connectivity index (χ0) is 14.0. The molecule has 1 fully saturated rings. The van der Waals surface area contributed by atoms with E-state index in [1.54, 1.807) is 29.2 Å². The molecule has 1 aromatic rings. The van der Waals surface area contributed by atoms with Gasteiger partial charge < -0.3 is 10.0 Å². The van der Waals surface area contributed by atoms with E-state index in [-0.39, 0.29) is 18.4 Å². The minimum Gasteiger partial charge on any atom is -0.396 e. The first-order chi connectivity index (χ1) is 8.89. The van der Waals surface area contributed by atoms with E-state index < -0.39 is 10.0 Å². The van der Waals surface area contributed by atoms with E-state index in [0.717, 1.165) is 6.26 Å². The summed E-state index contributed by atoms with van der Waals surface area (Å²) in [7, 11) is -3.34. The summed E-state index contributed by atoms with van der Waals surface area (Å²) < 4.78 is 24.7. The van der Waals surface area contributed by atoms with Gasteiger partial charge >= 0.3 is 0 Å². The highest BCUT2D eigenvalue weighted by molar-refractivity contribution is 7.92. The first-order valence-electron chi connectivity index (χ1n) is 5.88. The maximum absolute atomic E-state index is 11.8. The van der Waals surface area contributed by atoms with Crippen LogP contribution >= 0.6 is 0 Å². The van der Waals surface area contributed by atoms with Gasteiger partial charge in [-0.1, -0.05) is 6.07 Å². The van der Waals surface area contributed by atoms with Crippen LogP contribution in [0.3, 0.4) is 0 Å². The molecule has 104 valence electrons. The molecular formula is C12H16N2O4S. The van der Waals surface area contributed by atoms with Crippen LogP contribution in [-0.2, 0) is 14.8 Å². The van der Waals surface area contributed by atoms with E-state index in [9.17, 15) is 13.2 Å². The van der Waals surface area contributed by atoms with E-state index >= 15 is 0 Å². The number of benzene rings is 1. The summed E-state index contributed by atoms with van der Waals surface area (Å²) in [6.07, 6.45) is 1.39. The number of nitrogens with zero attached hydrogens (tertiary/aromatic N) is 1. The number of sulfonamides is 1. The molecule has 19 heavy (non-hydrogen) atoms. The van der Waals surface area contributed by atoms with Crippen LogP contribution in [0.15, 0.2) is 24.3 Å². The van der Waals surface area contributed by atoms with Gasteiger partial charge in [0, 0.05) is 31.2 Å². The highest BCUT2D eigenvalue weighted by Gasteiger charge is 2.30. The number of carbonyl (C=O) groups excluding carboxylic acids is 1. The first kappa shape index (κ1) is 13.8. The number of hydrogen-bond acceptors (Lipinski definition) is 4. The van der Waals surface area contributed by atoms with Gasteiger partial charge in [-0.05, 0) is 18.2 Å². The molecule has 1 saturated heterocycles. The number of aliphatic hydroxyl groups is 1. The molecule has 7 heteroatoms. The van der Waals surface area contributed by atoms with Crippen LogP contribution in [-0.4, -0.2) is 38.8 Å². The Morgan fingerprint density at radius 1 is 1.47 bits per heavy atom. The Morgan fingerprint density at radius 3 is 2.79 bits per heavy atom. The molecule has 1 atom stereocenters. The number of hydrogen-bond donors (Lipinski definition) is 2. The third-order valence-corrected chi connectivity index (χ3v) is 3.53. The first-order valence-corrected chi connectivity index (χ1v) is 7.77. The molecule has 0 aromatic heterocycles. The molecule has 0 saturated carbocycles. The summed E-state index contributed by atoms with van der Waals surface area (Å²) in [5.41, 5.74) is 1.05. The molecule has 2 rings (SSSR count). The quantitative estimate of drug-likeness (QED) is 0.838. The van der Waals surface area contributed by atoms with Crippen molar-refractivity contribution in [2.24, 2.45) is 5.92 Å². The SMILES string of the molecule is CS(=O)(=O)Nc1cccc(N2CC(CO)CC2=O)c1. The van der Waals surface area contributed by atoms with Crippen molar-refractivity contribution in [1.82, 2.24) is 0 Å². The van der Waals surface area contributed by atoms with Crippen molar-refractivity contribution in [3.8, 4) is 0 Å². The van der Waals surface area contributed by atoms with Crippen molar-refractivity contribution in [2.45, 2.75) is 6.42 Å². The monoisotopic (exact) mass is 284 g/mol. The summed E-state index contributed by atoms with van der Waals surface area (Å²) in [5, 5.41) is 9.09. The molecule has 0 bridgehead atoms. The van der Waals surface area contributed by atoms with Gasteiger partial charge in [-0.2, -0.15) is 0 Å². The lowest BCUT2D eigenvalue weighted by Crippen LogP contribution is -2.25. The lowest BCUT2D eigenvalue weighted by atomic mass is 10.1. The fraction of sp³-hybridized carbons (Fsp3) is 0.417. The molecule has 0 radical (unpaired) electrons. The molecule has 1 aromatic carbocycles.